The van der Waals surface area contributed by atoms with Crippen LogP contribution < -0.4 is 5.73 Å². The molecule has 0 amide bonds. The molecule has 0 saturated carbocycles. The first-order valence-electron chi connectivity index (χ1n) is 1.91. The molecule has 0 aromatic heterocycles. The molecule has 0 aromatic rings. The number of nitrogens with zero attached hydrogens (tertiary/aromatic N) is 1. The fraction of sp³-hybridized carbons (Fsp3) is 0.250. The molecule has 0 aliphatic rings. The Bertz CT molecular complexity index is 95.9. The van der Waals surface area contributed by atoms with Gasteiger partial charge in [0.15, 0.2) is 0 Å². The first-order valence-corrected chi connectivity index (χ1v) is 1.91. The lowest BCUT2D eigenvalue weighted by atomic mass is 10.0. The van der Waals surface area contributed by atoms with E-state index >= 15 is 0 Å². The average Bonchev–Trinajstić information content (AvgIpc) is 1.68. The molecule has 2 N–H and O–H groups in total. The van der Waals surface area contributed by atoms with Gasteiger partial charge in [-0.05, 0) is 17.9 Å². The first-order chi connectivity index (χ1) is 3.31. The van der Waals surface area contributed by atoms with Crippen LogP contribution in [0.2, 0.25) is 0 Å². The highest BCUT2D eigenvalue weighted by Gasteiger charge is 1.72. The van der Waals surface area contributed by atoms with E-state index in [1.807, 2.05) is 0 Å². The lowest BCUT2D eigenvalue weighted by Crippen LogP contribution is -1.91. The van der Waals surface area contributed by atoms with Crippen molar-refractivity contribution < 1.29 is 0 Å². The Morgan fingerprint density at radius 3 is 2.57 bits per heavy atom. The van der Waals surface area contributed by atoms with E-state index in [9.17, 15) is 0 Å². The predicted octanol–water partition coefficient (Wildman–Crippen LogP) is -0.344. The molecule has 0 aliphatic heterocycles. The summed E-state index contributed by atoms with van der Waals surface area (Å²) < 4.78 is 0. The van der Waals surface area contributed by atoms with Gasteiger partial charge in [0.2, 0.25) is 0 Å². The third-order valence-corrected chi connectivity index (χ3v) is 0.525. The smallest absolute Gasteiger partial charge is 0.141 e. The third kappa shape index (κ3) is 3.10. The van der Waals surface area contributed by atoms with E-state index in [-0.39, 0.29) is 0 Å². The number of allylic oxidation sites excluding steroid dienone is 1. The zero-order chi connectivity index (χ0) is 5.70. The molecule has 2 nitrogen and oxygen atoms in total. The lowest BCUT2D eigenvalue weighted by molar-refractivity contribution is 1.46. The second kappa shape index (κ2) is 3.46. The number of nitrogens with two attached hydrogens (primary N) is 1. The van der Waals surface area contributed by atoms with Crippen LogP contribution in [0.4, 0.5) is 0 Å². The molecule has 0 unspecified atom stereocenters. The van der Waals surface area contributed by atoms with E-state index in [4.69, 9.17) is 13.6 Å². The monoisotopic (exact) mass is 94.1 g/mol. The van der Waals surface area contributed by atoms with E-state index in [0.717, 1.165) is 0 Å². The standard InChI is InChI=1S/C4H7BN2/c1-7-4(5)2-3-6/h2-3H,6H2,1H3/b3-2-,7-4?. The summed E-state index contributed by atoms with van der Waals surface area (Å²) in [6.45, 7) is 0. The molecule has 0 atom stereocenters. The summed E-state index contributed by atoms with van der Waals surface area (Å²) >= 11 is 0. The van der Waals surface area contributed by atoms with Crippen molar-refractivity contribution in [2.45, 2.75) is 0 Å². The van der Waals surface area contributed by atoms with Crippen molar-refractivity contribution >= 4 is 13.5 Å². The van der Waals surface area contributed by atoms with Crippen LogP contribution in [-0.4, -0.2) is 20.5 Å². The molecule has 0 aromatic carbocycles. The topological polar surface area (TPSA) is 38.4 Å². The summed E-state index contributed by atoms with van der Waals surface area (Å²) in [7, 11) is 6.77. The maximum atomic E-state index is 5.17. The Morgan fingerprint density at radius 1 is 1.86 bits per heavy atom. The summed E-state index contributed by atoms with van der Waals surface area (Å²) in [6, 6.07) is 0. The Hall–Kier alpha value is -0.725. The quantitative estimate of drug-likeness (QED) is 0.350. The highest BCUT2D eigenvalue weighted by molar-refractivity contribution is 6.62. The Morgan fingerprint density at radius 2 is 2.43 bits per heavy atom. The van der Waals surface area contributed by atoms with Gasteiger partial charge in [-0.1, -0.05) is 0 Å². The molecular weight excluding hydrogens is 86.9 g/mol. The first kappa shape index (κ1) is 6.27. The van der Waals surface area contributed by atoms with E-state index in [2.05, 4.69) is 4.99 Å². The molecule has 0 spiro atoms. The number of rotatable bonds is 1. The fourth-order valence-corrected chi connectivity index (χ4v) is 0.173. The van der Waals surface area contributed by atoms with Crippen LogP contribution in [0.1, 0.15) is 0 Å². The molecule has 2 radical (unpaired) electrons. The summed E-state index contributed by atoms with van der Waals surface area (Å²) in [5.41, 5.74) is 5.41. The second-order valence-corrected chi connectivity index (χ2v) is 1.01. The minimum Gasteiger partial charge on any atom is -0.405 e. The Balaban J connectivity index is 3.58. The maximum Gasteiger partial charge on any atom is 0.141 e. The van der Waals surface area contributed by atoms with Crippen LogP contribution in [0.3, 0.4) is 0 Å². The van der Waals surface area contributed by atoms with Gasteiger partial charge in [-0.15, -0.1) is 0 Å². The van der Waals surface area contributed by atoms with Crippen molar-refractivity contribution in [3.63, 3.8) is 0 Å². The van der Waals surface area contributed by atoms with Crippen LogP contribution >= 0.6 is 0 Å². The van der Waals surface area contributed by atoms with Crippen LogP contribution in [0, 0.1) is 0 Å². The van der Waals surface area contributed by atoms with Crippen LogP contribution in [0.15, 0.2) is 17.3 Å². The zero-order valence-corrected chi connectivity index (χ0v) is 4.26. The van der Waals surface area contributed by atoms with E-state index in [1.165, 1.54) is 12.3 Å². The highest BCUT2D eigenvalue weighted by Crippen LogP contribution is 1.67. The van der Waals surface area contributed by atoms with Gasteiger partial charge in [0.25, 0.3) is 0 Å². The van der Waals surface area contributed by atoms with E-state index in [1.54, 1.807) is 7.05 Å². The largest absolute Gasteiger partial charge is 0.405 e. The van der Waals surface area contributed by atoms with Gasteiger partial charge in [0.05, 0.1) is 0 Å². The summed E-state index contributed by atoms with van der Waals surface area (Å²) in [5, 5.41) is 0. The molecule has 3 heteroatoms. The normalized spacial score (nSPS) is 13.0. The van der Waals surface area contributed by atoms with Crippen molar-refractivity contribution in [3.05, 3.63) is 12.3 Å². The Kier molecular flexibility index (Phi) is 3.11. The van der Waals surface area contributed by atoms with E-state index in [0.29, 0.717) is 5.61 Å². The van der Waals surface area contributed by atoms with Crippen molar-refractivity contribution in [2.75, 3.05) is 7.05 Å². The van der Waals surface area contributed by atoms with Gasteiger partial charge in [0, 0.05) is 7.05 Å². The summed E-state index contributed by atoms with van der Waals surface area (Å²) in [6.07, 6.45) is 2.88. The van der Waals surface area contributed by atoms with Crippen LogP contribution in [0.5, 0.6) is 0 Å². The molecule has 0 bridgehead atoms. The van der Waals surface area contributed by atoms with Gasteiger partial charge >= 0.3 is 0 Å². The molecule has 0 fully saturated rings. The van der Waals surface area contributed by atoms with Crippen molar-refractivity contribution in [1.29, 1.82) is 0 Å². The maximum absolute atomic E-state index is 5.17. The number of aliphatic imine (C=N–C) groups is 1. The minimum absolute atomic E-state index is 0.447. The molecule has 36 valence electrons. The van der Waals surface area contributed by atoms with Crippen molar-refractivity contribution in [1.82, 2.24) is 0 Å². The summed E-state index contributed by atoms with van der Waals surface area (Å²) in [5.74, 6) is 0. The van der Waals surface area contributed by atoms with Gasteiger partial charge in [-0.2, -0.15) is 0 Å². The minimum atomic E-state index is 0.447. The van der Waals surface area contributed by atoms with Gasteiger partial charge < -0.3 is 10.7 Å². The molecule has 0 heterocycles. The van der Waals surface area contributed by atoms with Crippen molar-refractivity contribution in [2.24, 2.45) is 10.7 Å². The lowest BCUT2D eigenvalue weighted by Gasteiger charge is -1.81. The average molecular weight is 93.9 g/mol. The molecule has 7 heavy (non-hydrogen) atoms. The highest BCUT2D eigenvalue weighted by atomic mass is 14.6. The SMILES string of the molecule is [B]C(/C=C\N)=NC. The Labute approximate surface area is 44.5 Å². The fourth-order valence-electron chi connectivity index (χ4n) is 0.173. The van der Waals surface area contributed by atoms with Crippen LogP contribution in [-0.2, 0) is 0 Å². The van der Waals surface area contributed by atoms with Gasteiger partial charge in [-0.25, -0.2) is 0 Å². The van der Waals surface area contributed by atoms with Gasteiger partial charge in [0.1, 0.15) is 7.85 Å². The molecular formula is C4H7BN2. The second-order valence-electron chi connectivity index (χ2n) is 1.01. The van der Waals surface area contributed by atoms with Gasteiger partial charge in [-0.3, -0.25) is 0 Å². The van der Waals surface area contributed by atoms with E-state index < -0.39 is 0 Å². The summed E-state index contributed by atoms with van der Waals surface area (Å²) in [4.78, 5) is 3.61. The predicted molar refractivity (Wildman–Crippen MR) is 32.4 cm³/mol. The zero-order valence-electron chi connectivity index (χ0n) is 4.26. The molecule has 0 saturated heterocycles. The third-order valence-electron chi connectivity index (χ3n) is 0.525. The number of hydrogen-bond acceptors (Lipinski definition) is 2. The van der Waals surface area contributed by atoms with Crippen molar-refractivity contribution in [3.8, 4) is 0 Å². The number of hydrogen-bond donors (Lipinski definition) is 1. The van der Waals surface area contributed by atoms with Crippen LogP contribution in [0.25, 0.3) is 0 Å². The molecule has 0 aliphatic carbocycles. The molecule has 0 rings (SSSR count).